The van der Waals surface area contributed by atoms with Crippen LogP contribution in [0.2, 0.25) is 0 Å². The van der Waals surface area contributed by atoms with E-state index in [2.05, 4.69) is 30.3 Å². The van der Waals surface area contributed by atoms with Crippen LogP contribution >= 0.6 is 0 Å². The molecule has 2 aromatic heterocycles. The monoisotopic (exact) mass is 258 g/mol. The Morgan fingerprint density at radius 1 is 1.47 bits per heavy atom. The molecule has 0 saturated heterocycles. The standard InChI is InChI=1S/C15H22N4/c1-10(2)19-13-11(6-5-9-17-13)18-14(19)15(3)8-4-7-12(15)16/h5-6,9-10,12H,4,7-8,16H2,1-3H3. The van der Waals surface area contributed by atoms with Gasteiger partial charge in [0.05, 0.1) is 0 Å². The number of nitrogens with two attached hydrogens (primary N) is 1. The van der Waals surface area contributed by atoms with Crippen LogP contribution in [0.25, 0.3) is 11.2 Å². The van der Waals surface area contributed by atoms with E-state index in [-0.39, 0.29) is 11.5 Å². The highest BCUT2D eigenvalue weighted by Gasteiger charge is 2.42. The summed E-state index contributed by atoms with van der Waals surface area (Å²) in [5.74, 6) is 1.11. The van der Waals surface area contributed by atoms with Gasteiger partial charge in [-0.15, -0.1) is 0 Å². The fourth-order valence-corrected chi connectivity index (χ4v) is 3.29. The Labute approximate surface area is 114 Å². The molecular formula is C15H22N4. The van der Waals surface area contributed by atoms with Gasteiger partial charge in [-0.3, -0.25) is 0 Å². The summed E-state index contributed by atoms with van der Waals surface area (Å²) < 4.78 is 2.26. The first-order valence-electron chi connectivity index (χ1n) is 7.13. The van der Waals surface area contributed by atoms with E-state index in [9.17, 15) is 0 Å². The predicted molar refractivity (Wildman–Crippen MR) is 77.1 cm³/mol. The zero-order valence-electron chi connectivity index (χ0n) is 11.9. The first-order valence-corrected chi connectivity index (χ1v) is 7.13. The molecule has 2 aromatic rings. The highest BCUT2D eigenvalue weighted by atomic mass is 15.2. The lowest BCUT2D eigenvalue weighted by Gasteiger charge is -2.30. The molecule has 0 aliphatic heterocycles. The van der Waals surface area contributed by atoms with E-state index in [0.717, 1.165) is 29.8 Å². The van der Waals surface area contributed by atoms with Gasteiger partial charge in [0.15, 0.2) is 5.65 Å². The molecule has 1 aliphatic rings. The summed E-state index contributed by atoms with van der Waals surface area (Å²) in [6.07, 6.45) is 5.23. The molecule has 19 heavy (non-hydrogen) atoms. The van der Waals surface area contributed by atoms with Gasteiger partial charge in [-0.25, -0.2) is 9.97 Å². The van der Waals surface area contributed by atoms with Gasteiger partial charge >= 0.3 is 0 Å². The van der Waals surface area contributed by atoms with Crippen LogP contribution in [0.3, 0.4) is 0 Å². The Kier molecular flexibility index (Phi) is 2.86. The molecule has 2 unspecified atom stereocenters. The number of hydrogen-bond donors (Lipinski definition) is 1. The van der Waals surface area contributed by atoms with E-state index < -0.39 is 0 Å². The molecule has 1 saturated carbocycles. The van der Waals surface area contributed by atoms with E-state index in [0.29, 0.717) is 6.04 Å². The molecule has 2 N–H and O–H groups in total. The number of fused-ring (bicyclic) bond motifs is 1. The van der Waals surface area contributed by atoms with Gasteiger partial charge in [-0.2, -0.15) is 0 Å². The largest absolute Gasteiger partial charge is 0.327 e. The molecule has 2 atom stereocenters. The third-order valence-corrected chi connectivity index (χ3v) is 4.51. The molecule has 4 heteroatoms. The van der Waals surface area contributed by atoms with Gasteiger partial charge in [0.25, 0.3) is 0 Å². The fraction of sp³-hybridized carbons (Fsp3) is 0.600. The predicted octanol–water partition coefficient (Wildman–Crippen LogP) is 2.78. The van der Waals surface area contributed by atoms with Gasteiger partial charge in [-0.1, -0.05) is 13.3 Å². The lowest BCUT2D eigenvalue weighted by molar-refractivity contribution is 0.377. The van der Waals surface area contributed by atoms with Crippen molar-refractivity contribution in [3.63, 3.8) is 0 Å². The zero-order valence-corrected chi connectivity index (χ0v) is 11.9. The van der Waals surface area contributed by atoms with E-state index in [1.54, 1.807) is 0 Å². The zero-order chi connectivity index (χ0) is 13.6. The summed E-state index contributed by atoms with van der Waals surface area (Å²) in [6, 6.07) is 4.52. The minimum Gasteiger partial charge on any atom is -0.327 e. The SMILES string of the molecule is CC(C)n1c(C2(C)CCCC2N)nc2cccnc21. The average Bonchev–Trinajstić information content (AvgIpc) is 2.92. The van der Waals surface area contributed by atoms with Gasteiger partial charge in [0.1, 0.15) is 11.3 Å². The topological polar surface area (TPSA) is 56.7 Å². The van der Waals surface area contributed by atoms with Crippen molar-refractivity contribution in [1.82, 2.24) is 14.5 Å². The highest BCUT2D eigenvalue weighted by molar-refractivity contribution is 5.71. The summed E-state index contributed by atoms with van der Waals surface area (Å²) in [5.41, 5.74) is 8.30. The Balaban J connectivity index is 2.26. The molecule has 2 heterocycles. The third-order valence-electron chi connectivity index (χ3n) is 4.51. The number of rotatable bonds is 2. The quantitative estimate of drug-likeness (QED) is 0.901. The van der Waals surface area contributed by atoms with Crippen molar-refractivity contribution in [1.29, 1.82) is 0 Å². The van der Waals surface area contributed by atoms with E-state index >= 15 is 0 Å². The summed E-state index contributed by atoms with van der Waals surface area (Å²) in [7, 11) is 0. The van der Waals surface area contributed by atoms with Crippen molar-refractivity contribution in [2.75, 3.05) is 0 Å². The minimum atomic E-state index is -0.0228. The maximum atomic E-state index is 6.36. The molecule has 1 fully saturated rings. The van der Waals surface area contributed by atoms with Crippen LogP contribution in [0.1, 0.15) is 51.9 Å². The van der Waals surface area contributed by atoms with Crippen LogP contribution in [-0.2, 0) is 5.41 Å². The Bertz CT molecular complexity index is 601. The first kappa shape index (κ1) is 12.6. The van der Waals surface area contributed by atoms with E-state index in [4.69, 9.17) is 10.7 Å². The summed E-state index contributed by atoms with van der Waals surface area (Å²) in [6.45, 7) is 6.62. The van der Waals surface area contributed by atoms with Crippen LogP contribution in [0, 0.1) is 0 Å². The maximum Gasteiger partial charge on any atom is 0.160 e. The lowest BCUT2D eigenvalue weighted by Crippen LogP contribution is -2.40. The minimum absolute atomic E-state index is 0.0228. The van der Waals surface area contributed by atoms with Gasteiger partial charge in [0, 0.05) is 23.7 Å². The molecule has 0 spiro atoms. The summed E-state index contributed by atoms with van der Waals surface area (Å²) in [4.78, 5) is 9.37. The average molecular weight is 258 g/mol. The van der Waals surface area contributed by atoms with Crippen LogP contribution in [0.4, 0.5) is 0 Å². The second-order valence-corrected chi connectivity index (χ2v) is 6.16. The number of pyridine rings is 1. The van der Waals surface area contributed by atoms with E-state index in [1.807, 2.05) is 18.3 Å². The molecule has 102 valence electrons. The second kappa shape index (κ2) is 4.30. The van der Waals surface area contributed by atoms with Crippen LogP contribution in [0.5, 0.6) is 0 Å². The molecule has 0 aromatic carbocycles. The van der Waals surface area contributed by atoms with Crippen LogP contribution in [-0.4, -0.2) is 20.6 Å². The molecule has 3 rings (SSSR count). The highest BCUT2D eigenvalue weighted by Crippen LogP contribution is 2.41. The van der Waals surface area contributed by atoms with E-state index in [1.165, 1.54) is 6.42 Å². The number of nitrogens with zero attached hydrogens (tertiary/aromatic N) is 3. The first-order chi connectivity index (χ1) is 9.04. The molecule has 0 bridgehead atoms. The normalized spacial score (nSPS) is 27.5. The van der Waals surface area contributed by atoms with Gasteiger partial charge in [0.2, 0.25) is 0 Å². The number of aromatic nitrogens is 3. The van der Waals surface area contributed by atoms with Gasteiger partial charge < -0.3 is 10.3 Å². The Morgan fingerprint density at radius 3 is 2.89 bits per heavy atom. The van der Waals surface area contributed by atoms with Crippen molar-refractivity contribution in [3.8, 4) is 0 Å². The van der Waals surface area contributed by atoms with Crippen molar-refractivity contribution in [2.24, 2.45) is 5.73 Å². The molecular weight excluding hydrogens is 236 g/mol. The maximum absolute atomic E-state index is 6.36. The second-order valence-electron chi connectivity index (χ2n) is 6.16. The van der Waals surface area contributed by atoms with Crippen LogP contribution in [0.15, 0.2) is 18.3 Å². The Hall–Kier alpha value is -1.42. The van der Waals surface area contributed by atoms with Crippen molar-refractivity contribution < 1.29 is 0 Å². The van der Waals surface area contributed by atoms with Crippen molar-refractivity contribution >= 4 is 11.2 Å². The molecule has 4 nitrogen and oxygen atoms in total. The molecule has 0 radical (unpaired) electrons. The smallest absolute Gasteiger partial charge is 0.160 e. The van der Waals surface area contributed by atoms with Gasteiger partial charge in [-0.05, 0) is 38.8 Å². The van der Waals surface area contributed by atoms with Crippen LogP contribution < -0.4 is 5.73 Å². The third kappa shape index (κ3) is 1.77. The molecule has 1 aliphatic carbocycles. The Morgan fingerprint density at radius 2 is 2.26 bits per heavy atom. The lowest BCUT2D eigenvalue weighted by atomic mass is 9.84. The fourth-order valence-electron chi connectivity index (χ4n) is 3.29. The number of hydrogen-bond acceptors (Lipinski definition) is 3. The summed E-state index contributed by atoms with van der Waals surface area (Å²) in [5, 5.41) is 0. The molecule has 0 amide bonds. The number of imidazole rings is 1. The van der Waals surface area contributed by atoms with Crippen molar-refractivity contribution in [3.05, 3.63) is 24.2 Å². The summed E-state index contributed by atoms with van der Waals surface area (Å²) >= 11 is 0. The van der Waals surface area contributed by atoms with Crippen molar-refractivity contribution in [2.45, 2.75) is 57.5 Å².